The summed E-state index contributed by atoms with van der Waals surface area (Å²) in [4.78, 5) is 12.0. The summed E-state index contributed by atoms with van der Waals surface area (Å²) in [7, 11) is -4.28. The maximum atomic E-state index is 12.2. The largest absolute Gasteiger partial charge is 0.337 e. The molecule has 4 aliphatic carbocycles. The van der Waals surface area contributed by atoms with Gasteiger partial charge in [-0.1, -0.05) is 6.07 Å². The van der Waals surface area contributed by atoms with Crippen molar-refractivity contribution in [3.05, 3.63) is 24.3 Å². The van der Waals surface area contributed by atoms with Crippen LogP contribution in [0.3, 0.4) is 0 Å². The topological polar surface area (TPSA) is 95.5 Å². The van der Waals surface area contributed by atoms with Gasteiger partial charge in [-0.15, -0.1) is 0 Å². The van der Waals surface area contributed by atoms with E-state index in [0.717, 1.165) is 17.8 Å². The Morgan fingerprint density at radius 1 is 1.12 bits per heavy atom. The van der Waals surface area contributed by atoms with Crippen LogP contribution in [0, 0.1) is 23.2 Å². The van der Waals surface area contributed by atoms with Gasteiger partial charge in [0.25, 0.3) is 10.1 Å². The first-order valence-corrected chi connectivity index (χ1v) is 10.4. The maximum Gasteiger partial charge on any atom is 0.319 e. The van der Waals surface area contributed by atoms with Crippen LogP contribution in [0.4, 0.5) is 10.5 Å². The van der Waals surface area contributed by atoms with Gasteiger partial charge in [0.1, 0.15) is 0 Å². The number of urea groups is 1. The highest BCUT2D eigenvalue weighted by atomic mass is 32.2. The van der Waals surface area contributed by atoms with Crippen molar-refractivity contribution in [3.8, 4) is 0 Å². The van der Waals surface area contributed by atoms with Crippen LogP contribution in [0.25, 0.3) is 0 Å². The number of nitrogens with one attached hydrogen (secondary N) is 2. The van der Waals surface area contributed by atoms with E-state index in [1.54, 1.807) is 6.07 Å². The molecule has 4 fully saturated rings. The lowest BCUT2D eigenvalue weighted by molar-refractivity contribution is -0.0496. The van der Waals surface area contributed by atoms with Crippen LogP contribution in [0.1, 0.15) is 38.5 Å². The normalized spacial score (nSPS) is 33.2. The smallest absolute Gasteiger partial charge is 0.319 e. The van der Waals surface area contributed by atoms with Crippen LogP contribution in [0.2, 0.25) is 0 Å². The summed E-state index contributed by atoms with van der Waals surface area (Å²) < 4.78 is 31.5. The van der Waals surface area contributed by atoms with Gasteiger partial charge in [0, 0.05) is 12.2 Å². The highest BCUT2D eigenvalue weighted by Crippen LogP contribution is 2.59. The van der Waals surface area contributed by atoms with Crippen molar-refractivity contribution < 1.29 is 17.8 Å². The first-order valence-electron chi connectivity index (χ1n) is 8.94. The summed E-state index contributed by atoms with van der Waals surface area (Å²) in [6, 6.07) is 5.29. The van der Waals surface area contributed by atoms with E-state index in [-0.39, 0.29) is 16.3 Å². The molecule has 1 aromatic rings. The van der Waals surface area contributed by atoms with Gasteiger partial charge in [0.05, 0.1) is 4.90 Å². The van der Waals surface area contributed by atoms with Crippen molar-refractivity contribution in [1.29, 1.82) is 0 Å². The molecule has 5 rings (SSSR count). The fourth-order valence-electron chi connectivity index (χ4n) is 5.68. The second-order valence-corrected chi connectivity index (χ2v) is 9.65. The van der Waals surface area contributed by atoms with E-state index < -0.39 is 10.1 Å². The molecule has 0 saturated heterocycles. The first-order chi connectivity index (χ1) is 11.8. The van der Waals surface area contributed by atoms with Crippen molar-refractivity contribution in [2.75, 3.05) is 11.9 Å². The average molecular weight is 364 g/mol. The van der Waals surface area contributed by atoms with Gasteiger partial charge < -0.3 is 10.6 Å². The highest BCUT2D eigenvalue weighted by Gasteiger charge is 2.50. The second kappa shape index (κ2) is 5.99. The van der Waals surface area contributed by atoms with Crippen LogP contribution < -0.4 is 10.6 Å². The van der Waals surface area contributed by atoms with E-state index >= 15 is 0 Å². The zero-order valence-electron chi connectivity index (χ0n) is 14.1. The third-order valence-corrected chi connectivity index (χ3v) is 7.03. The van der Waals surface area contributed by atoms with Crippen LogP contribution in [-0.2, 0) is 10.1 Å². The fourth-order valence-corrected chi connectivity index (χ4v) is 6.21. The Morgan fingerprint density at radius 3 is 2.28 bits per heavy atom. The molecule has 0 radical (unpaired) electrons. The molecule has 136 valence electrons. The molecule has 25 heavy (non-hydrogen) atoms. The van der Waals surface area contributed by atoms with Gasteiger partial charge in [-0.2, -0.15) is 8.42 Å². The fraction of sp³-hybridized carbons (Fsp3) is 0.611. The maximum absolute atomic E-state index is 12.2. The minimum atomic E-state index is -4.28. The number of carbonyl (C=O) groups excluding carboxylic acids is 1. The number of hydrogen-bond donors (Lipinski definition) is 3. The van der Waals surface area contributed by atoms with Crippen molar-refractivity contribution in [1.82, 2.24) is 5.32 Å². The third-order valence-electron chi connectivity index (χ3n) is 6.18. The number of rotatable bonds is 4. The monoisotopic (exact) mass is 364 g/mol. The molecule has 7 heteroatoms. The third kappa shape index (κ3) is 3.53. The van der Waals surface area contributed by atoms with Crippen molar-refractivity contribution in [3.63, 3.8) is 0 Å². The van der Waals surface area contributed by atoms with Gasteiger partial charge in [-0.3, -0.25) is 4.55 Å². The zero-order valence-corrected chi connectivity index (χ0v) is 14.9. The number of anilines is 1. The average Bonchev–Trinajstić information content (AvgIpc) is 2.51. The molecular weight excluding hydrogens is 340 g/mol. The lowest BCUT2D eigenvalue weighted by atomic mass is 9.49. The van der Waals surface area contributed by atoms with Gasteiger partial charge in [-0.25, -0.2) is 4.79 Å². The Bertz CT molecular complexity index is 755. The molecule has 6 nitrogen and oxygen atoms in total. The van der Waals surface area contributed by atoms with Gasteiger partial charge in [-0.05, 0) is 79.9 Å². The molecule has 0 spiro atoms. The van der Waals surface area contributed by atoms with Crippen molar-refractivity contribution in [2.24, 2.45) is 23.2 Å². The minimum Gasteiger partial charge on any atom is -0.337 e. The predicted octanol–water partition coefficient (Wildman–Crippen LogP) is 3.27. The van der Waals surface area contributed by atoms with Crippen molar-refractivity contribution in [2.45, 2.75) is 43.4 Å². The molecule has 4 saturated carbocycles. The molecule has 0 unspecified atom stereocenters. The van der Waals surface area contributed by atoms with E-state index in [1.165, 1.54) is 56.7 Å². The summed E-state index contributed by atoms with van der Waals surface area (Å²) in [5.74, 6) is 2.51. The van der Waals surface area contributed by atoms with Crippen LogP contribution in [0.15, 0.2) is 29.2 Å². The Morgan fingerprint density at radius 2 is 1.72 bits per heavy atom. The van der Waals surface area contributed by atoms with Crippen LogP contribution in [-0.4, -0.2) is 25.5 Å². The molecule has 2 amide bonds. The van der Waals surface area contributed by atoms with Gasteiger partial charge in [0.2, 0.25) is 0 Å². The Balaban J connectivity index is 1.37. The summed E-state index contributed by atoms with van der Waals surface area (Å²) in [5.41, 5.74) is 0.598. The van der Waals surface area contributed by atoms with Gasteiger partial charge >= 0.3 is 6.03 Å². The minimum absolute atomic E-state index is 0.230. The van der Waals surface area contributed by atoms with Crippen LogP contribution in [0.5, 0.6) is 0 Å². The standard InChI is InChI=1S/C18H24N2O4S/c21-17(20-15-2-1-3-16(7-15)25(22,23)24)19-11-18-8-12-4-13(9-18)6-14(5-12)10-18/h1-3,7,12-14H,4-6,8-11H2,(H2,19,20,21)(H,22,23,24). The summed E-state index contributed by atoms with van der Waals surface area (Å²) in [6.07, 6.45) is 7.77. The summed E-state index contributed by atoms with van der Waals surface area (Å²) in [6.45, 7) is 0.681. The number of benzene rings is 1. The Hall–Kier alpha value is -1.60. The molecule has 4 bridgehead atoms. The Kier molecular flexibility index (Phi) is 4.03. The predicted molar refractivity (Wildman–Crippen MR) is 93.9 cm³/mol. The molecule has 0 heterocycles. The van der Waals surface area contributed by atoms with E-state index in [1.807, 2.05) is 0 Å². The molecule has 0 aromatic heterocycles. The van der Waals surface area contributed by atoms with E-state index in [0.29, 0.717) is 12.2 Å². The lowest BCUT2D eigenvalue weighted by Crippen LogP contribution is -2.51. The van der Waals surface area contributed by atoms with E-state index in [2.05, 4.69) is 10.6 Å². The van der Waals surface area contributed by atoms with E-state index in [4.69, 9.17) is 4.55 Å². The molecule has 4 aliphatic rings. The quantitative estimate of drug-likeness (QED) is 0.715. The molecule has 0 aliphatic heterocycles. The highest BCUT2D eigenvalue weighted by molar-refractivity contribution is 7.85. The molecule has 1 aromatic carbocycles. The number of hydrogen-bond acceptors (Lipinski definition) is 3. The molecule has 3 N–H and O–H groups in total. The zero-order chi connectivity index (χ0) is 17.7. The number of amides is 2. The summed E-state index contributed by atoms with van der Waals surface area (Å²) in [5, 5.41) is 5.65. The Labute approximate surface area is 148 Å². The van der Waals surface area contributed by atoms with E-state index in [9.17, 15) is 13.2 Å². The molecule has 0 atom stereocenters. The molecular formula is C18H24N2O4S. The number of carbonyl (C=O) groups is 1. The first kappa shape index (κ1) is 16.8. The van der Waals surface area contributed by atoms with Gasteiger partial charge in [0.15, 0.2) is 0 Å². The summed E-state index contributed by atoms with van der Waals surface area (Å²) >= 11 is 0. The van der Waals surface area contributed by atoms with Crippen LogP contribution >= 0.6 is 0 Å². The lowest BCUT2D eigenvalue weighted by Gasteiger charge is -2.56. The van der Waals surface area contributed by atoms with Crippen molar-refractivity contribution >= 4 is 21.8 Å². The SMILES string of the molecule is O=C(NCC12CC3CC(CC(C3)C1)C2)Nc1cccc(S(=O)(=O)O)c1. The second-order valence-electron chi connectivity index (χ2n) is 8.23.